The number of hydrogen-bond donors (Lipinski definition) is 0. The Morgan fingerprint density at radius 3 is 2.18 bits per heavy atom. The van der Waals surface area contributed by atoms with E-state index in [0.717, 1.165) is 64.9 Å². The molecular weight excluding hydrogens is 631 g/mol. The summed E-state index contributed by atoms with van der Waals surface area (Å²) in [6, 6.07) is 25.1. The Morgan fingerprint density at radius 1 is 0.844 bits per heavy atom. The smallest absolute Gasteiger partial charge is 0.329 e. The van der Waals surface area contributed by atoms with Crippen LogP contribution in [0.25, 0.3) is 11.1 Å². The molecule has 0 atom stereocenters. The van der Waals surface area contributed by atoms with E-state index in [2.05, 4.69) is 12.1 Å². The molecule has 1 saturated heterocycles. The third-order valence-electron chi connectivity index (χ3n) is 9.19. The Morgan fingerprint density at radius 2 is 1.51 bits per heavy atom. The lowest BCUT2D eigenvalue weighted by molar-refractivity contribution is -0.178. The molecule has 2 fully saturated rings. The number of rotatable bonds is 6. The third-order valence-corrected chi connectivity index (χ3v) is 10.1. The van der Waals surface area contributed by atoms with Crippen molar-refractivity contribution in [3.63, 3.8) is 0 Å². The maximum absolute atomic E-state index is 14.5. The SMILES string of the molecule is COc1ccc(CN2Cc3c(-c4ccccc4Cl)cc(C4CCC5(CC4)OCCO5)cc3N(c3c(Cl)cccc3Cl)C2=O)cc1. The summed E-state index contributed by atoms with van der Waals surface area (Å²) in [4.78, 5) is 18.1. The number of urea groups is 1. The first-order valence-corrected chi connectivity index (χ1v) is 16.3. The van der Waals surface area contributed by atoms with E-state index in [4.69, 9.17) is 49.0 Å². The molecule has 3 aliphatic rings. The van der Waals surface area contributed by atoms with E-state index < -0.39 is 5.79 Å². The summed E-state index contributed by atoms with van der Waals surface area (Å²) in [5.41, 5.74) is 6.22. The topological polar surface area (TPSA) is 51.2 Å². The van der Waals surface area contributed by atoms with Crippen molar-refractivity contribution in [3.8, 4) is 16.9 Å². The second-order valence-electron chi connectivity index (χ2n) is 11.8. The number of carbonyl (C=O) groups excluding carboxylic acids is 1. The lowest BCUT2D eigenvalue weighted by Crippen LogP contribution is -2.45. The van der Waals surface area contributed by atoms with Crippen LogP contribution in [0.15, 0.2) is 78.9 Å². The first-order chi connectivity index (χ1) is 21.9. The van der Waals surface area contributed by atoms with Crippen LogP contribution in [0, 0.1) is 0 Å². The van der Waals surface area contributed by atoms with Crippen LogP contribution in [0.2, 0.25) is 15.1 Å². The molecule has 0 unspecified atom stereocenters. The van der Waals surface area contributed by atoms with Crippen LogP contribution in [-0.4, -0.2) is 37.0 Å². The largest absolute Gasteiger partial charge is 0.497 e. The molecule has 6 nitrogen and oxygen atoms in total. The van der Waals surface area contributed by atoms with Crippen molar-refractivity contribution in [2.24, 2.45) is 0 Å². The fourth-order valence-corrected chi connectivity index (χ4v) is 7.68. The molecule has 4 aromatic carbocycles. The molecule has 0 radical (unpaired) electrons. The molecular formula is C36H33Cl3N2O4. The highest BCUT2D eigenvalue weighted by molar-refractivity contribution is 6.40. The van der Waals surface area contributed by atoms with Gasteiger partial charge in [0, 0.05) is 35.5 Å². The number of halogens is 3. The second kappa shape index (κ2) is 12.5. The summed E-state index contributed by atoms with van der Waals surface area (Å²) in [7, 11) is 1.64. The molecule has 2 aliphatic heterocycles. The number of ether oxygens (including phenoxy) is 3. The van der Waals surface area contributed by atoms with E-state index in [9.17, 15) is 4.79 Å². The van der Waals surface area contributed by atoms with Crippen molar-refractivity contribution in [1.29, 1.82) is 0 Å². The fourth-order valence-electron chi connectivity index (χ4n) is 6.87. The summed E-state index contributed by atoms with van der Waals surface area (Å²) < 4.78 is 17.4. The number of hydrogen-bond acceptors (Lipinski definition) is 4. The quantitative estimate of drug-likeness (QED) is 0.206. The van der Waals surface area contributed by atoms with Crippen LogP contribution in [0.1, 0.15) is 48.3 Å². The average molecular weight is 664 g/mol. The molecule has 1 spiro atoms. The highest BCUT2D eigenvalue weighted by Gasteiger charge is 2.42. The minimum atomic E-state index is -0.467. The Hall–Kier alpha value is -3.26. The number of anilines is 2. The maximum atomic E-state index is 14.5. The summed E-state index contributed by atoms with van der Waals surface area (Å²) >= 11 is 20.5. The predicted molar refractivity (Wildman–Crippen MR) is 179 cm³/mol. The van der Waals surface area contributed by atoms with Crippen molar-refractivity contribution in [1.82, 2.24) is 4.90 Å². The van der Waals surface area contributed by atoms with Crippen LogP contribution in [0.3, 0.4) is 0 Å². The van der Waals surface area contributed by atoms with Gasteiger partial charge in [-0.3, -0.25) is 4.90 Å². The van der Waals surface area contributed by atoms with Gasteiger partial charge in [-0.05, 0) is 71.8 Å². The molecule has 9 heteroatoms. The summed E-state index contributed by atoms with van der Waals surface area (Å²) in [5.74, 6) is 0.545. The maximum Gasteiger partial charge on any atom is 0.329 e. The number of benzene rings is 4. The third kappa shape index (κ3) is 5.79. The normalized spacial score (nSPS) is 18.0. The van der Waals surface area contributed by atoms with Crippen molar-refractivity contribution in [3.05, 3.63) is 111 Å². The van der Waals surface area contributed by atoms with Gasteiger partial charge in [-0.2, -0.15) is 0 Å². The fraction of sp³-hybridized carbons (Fsp3) is 0.306. The number of carbonyl (C=O) groups is 1. The molecule has 2 heterocycles. The van der Waals surface area contributed by atoms with Gasteiger partial charge in [-0.15, -0.1) is 0 Å². The van der Waals surface area contributed by atoms with Gasteiger partial charge in [0.2, 0.25) is 0 Å². The molecule has 4 aromatic rings. The van der Waals surface area contributed by atoms with Crippen LogP contribution >= 0.6 is 34.8 Å². The first kappa shape index (κ1) is 30.4. The Bertz CT molecular complexity index is 1710. The van der Waals surface area contributed by atoms with Gasteiger partial charge in [-0.1, -0.05) is 77.3 Å². The molecule has 0 N–H and O–H groups in total. The van der Waals surface area contributed by atoms with Gasteiger partial charge in [0.1, 0.15) is 5.75 Å². The van der Waals surface area contributed by atoms with Gasteiger partial charge in [-0.25, -0.2) is 4.79 Å². The van der Waals surface area contributed by atoms with E-state index >= 15 is 0 Å². The van der Waals surface area contributed by atoms with Crippen LogP contribution in [-0.2, 0) is 22.6 Å². The lowest BCUT2D eigenvalue weighted by Gasteiger charge is -2.40. The summed E-state index contributed by atoms with van der Waals surface area (Å²) in [6.07, 6.45) is 3.46. The monoisotopic (exact) mass is 662 g/mol. The van der Waals surface area contributed by atoms with Gasteiger partial charge in [0.15, 0.2) is 5.79 Å². The van der Waals surface area contributed by atoms with Crippen LogP contribution in [0.5, 0.6) is 5.75 Å². The van der Waals surface area contributed by atoms with Crippen molar-refractivity contribution < 1.29 is 19.0 Å². The number of methoxy groups -OCH3 is 1. The zero-order valence-corrected chi connectivity index (χ0v) is 27.2. The zero-order valence-electron chi connectivity index (χ0n) is 24.9. The minimum absolute atomic E-state index is 0.203. The van der Waals surface area contributed by atoms with Crippen molar-refractivity contribution in [2.45, 2.75) is 50.5 Å². The second-order valence-corrected chi connectivity index (χ2v) is 13.0. The number of para-hydroxylation sites is 1. The zero-order chi connectivity index (χ0) is 31.1. The molecule has 0 aromatic heterocycles. The summed E-state index contributed by atoms with van der Waals surface area (Å²) in [5, 5.41) is 1.44. The Labute approximate surface area is 278 Å². The van der Waals surface area contributed by atoms with Gasteiger partial charge >= 0.3 is 6.03 Å². The van der Waals surface area contributed by atoms with Gasteiger partial charge in [0.05, 0.1) is 48.3 Å². The molecule has 1 saturated carbocycles. The molecule has 2 amide bonds. The van der Waals surface area contributed by atoms with E-state index in [-0.39, 0.29) is 11.9 Å². The van der Waals surface area contributed by atoms with Crippen LogP contribution in [0.4, 0.5) is 16.2 Å². The van der Waals surface area contributed by atoms with E-state index in [1.54, 1.807) is 30.2 Å². The molecule has 0 bridgehead atoms. The molecule has 7 rings (SSSR count). The predicted octanol–water partition coefficient (Wildman–Crippen LogP) is 10.00. The van der Waals surface area contributed by atoms with Crippen molar-refractivity contribution >= 4 is 52.2 Å². The van der Waals surface area contributed by atoms with Crippen LogP contribution < -0.4 is 9.64 Å². The number of nitrogens with zero attached hydrogens (tertiary/aromatic N) is 2. The van der Waals surface area contributed by atoms with Crippen molar-refractivity contribution in [2.75, 3.05) is 25.2 Å². The highest BCUT2D eigenvalue weighted by Crippen LogP contribution is 2.49. The number of fused-ring (bicyclic) bond motifs is 1. The lowest BCUT2D eigenvalue weighted by atomic mass is 9.79. The van der Waals surface area contributed by atoms with E-state index in [1.165, 1.54) is 0 Å². The van der Waals surface area contributed by atoms with E-state index in [0.29, 0.717) is 47.1 Å². The number of amides is 2. The highest BCUT2D eigenvalue weighted by atomic mass is 35.5. The van der Waals surface area contributed by atoms with Gasteiger partial charge in [0.25, 0.3) is 0 Å². The molecule has 1 aliphatic carbocycles. The van der Waals surface area contributed by atoms with Gasteiger partial charge < -0.3 is 19.1 Å². The Balaban J connectivity index is 1.38. The molecule has 232 valence electrons. The average Bonchev–Trinajstić information content (AvgIpc) is 3.50. The minimum Gasteiger partial charge on any atom is -0.497 e. The van der Waals surface area contributed by atoms with E-state index in [1.807, 2.05) is 53.4 Å². The standard InChI is InChI=1S/C36H33Cl3N2O4/c1-43-26-11-9-23(10-12-26)21-40-22-29-28(27-5-2-3-6-30(27)37)19-25(24-13-15-36(16-14-24)44-17-18-45-36)20-33(29)41(35(40)42)34-31(38)7-4-8-32(34)39/h2-12,19-20,24H,13-18,21-22H2,1H3. The summed E-state index contributed by atoms with van der Waals surface area (Å²) in [6.45, 7) is 2.05. The first-order valence-electron chi connectivity index (χ1n) is 15.2. The molecule has 45 heavy (non-hydrogen) atoms. The Kier molecular flexibility index (Phi) is 8.44.